The average Bonchev–Trinajstić information content (AvgIpc) is 3.45. The molecule has 1 aliphatic rings. The van der Waals surface area contributed by atoms with Crippen LogP contribution in [0, 0.1) is 19.8 Å². The van der Waals surface area contributed by atoms with Crippen molar-refractivity contribution in [2.45, 2.75) is 39.7 Å². The number of carbonyl (C=O) groups excluding carboxylic acids is 1. The highest BCUT2D eigenvalue weighted by Crippen LogP contribution is 2.41. The van der Waals surface area contributed by atoms with E-state index in [0.717, 1.165) is 65.1 Å². The Balaban J connectivity index is 1.67. The predicted molar refractivity (Wildman–Crippen MR) is 144 cm³/mol. The molecule has 0 saturated carbocycles. The van der Waals surface area contributed by atoms with Gasteiger partial charge in [-0.15, -0.1) is 0 Å². The SMILES string of the molecule is CCOC(=O)c1ccc2c3ncc(-c4c(C)noc4C)cc3n([C@H](c3ccccc3)C3CCOCC3)c2n1. The van der Waals surface area contributed by atoms with Gasteiger partial charge in [-0.1, -0.05) is 35.5 Å². The van der Waals surface area contributed by atoms with E-state index < -0.39 is 5.97 Å². The van der Waals surface area contributed by atoms with E-state index >= 15 is 0 Å². The van der Waals surface area contributed by atoms with Crippen molar-refractivity contribution in [1.82, 2.24) is 19.7 Å². The largest absolute Gasteiger partial charge is 0.461 e. The fraction of sp³-hybridized carbons (Fsp3) is 0.333. The lowest BCUT2D eigenvalue weighted by Crippen LogP contribution is -2.27. The second kappa shape index (κ2) is 10.0. The maximum Gasteiger partial charge on any atom is 0.356 e. The molecule has 1 atom stereocenters. The molecule has 1 fully saturated rings. The van der Waals surface area contributed by atoms with Gasteiger partial charge in [0.25, 0.3) is 0 Å². The zero-order valence-corrected chi connectivity index (χ0v) is 21.8. The third-order valence-corrected chi connectivity index (χ3v) is 7.42. The van der Waals surface area contributed by atoms with Gasteiger partial charge in [-0.05, 0) is 63.3 Å². The molecule has 0 N–H and O–H groups in total. The molecule has 194 valence electrons. The summed E-state index contributed by atoms with van der Waals surface area (Å²) in [6.07, 6.45) is 3.72. The minimum absolute atomic E-state index is 0.0215. The molecule has 0 bridgehead atoms. The summed E-state index contributed by atoms with van der Waals surface area (Å²) in [7, 11) is 0. The van der Waals surface area contributed by atoms with Crippen molar-refractivity contribution < 1.29 is 18.8 Å². The fourth-order valence-corrected chi connectivity index (χ4v) is 5.72. The lowest BCUT2D eigenvalue weighted by molar-refractivity contribution is 0.0519. The van der Waals surface area contributed by atoms with Crippen LogP contribution in [0.25, 0.3) is 33.2 Å². The average molecular weight is 511 g/mol. The summed E-state index contributed by atoms with van der Waals surface area (Å²) in [5.41, 5.74) is 6.67. The molecule has 0 unspecified atom stereocenters. The summed E-state index contributed by atoms with van der Waals surface area (Å²) in [4.78, 5) is 22.5. The quantitative estimate of drug-likeness (QED) is 0.257. The third-order valence-electron chi connectivity index (χ3n) is 7.42. The molecule has 38 heavy (non-hydrogen) atoms. The van der Waals surface area contributed by atoms with E-state index in [-0.39, 0.29) is 11.7 Å². The first kappa shape index (κ1) is 24.3. The van der Waals surface area contributed by atoms with Crippen molar-refractivity contribution in [3.63, 3.8) is 0 Å². The maximum atomic E-state index is 12.7. The van der Waals surface area contributed by atoms with E-state index in [2.05, 4.69) is 40.1 Å². The molecule has 8 heteroatoms. The molecule has 6 rings (SSSR count). The van der Waals surface area contributed by atoms with Crippen LogP contribution in [0.5, 0.6) is 0 Å². The summed E-state index contributed by atoms with van der Waals surface area (Å²) in [6.45, 7) is 7.37. The molecule has 1 aromatic carbocycles. The van der Waals surface area contributed by atoms with Crippen LogP contribution >= 0.6 is 0 Å². The third kappa shape index (κ3) is 4.15. The molecule has 0 aliphatic carbocycles. The van der Waals surface area contributed by atoms with Gasteiger partial charge in [0.2, 0.25) is 0 Å². The molecule has 1 aliphatic heterocycles. The maximum absolute atomic E-state index is 12.7. The first-order valence-electron chi connectivity index (χ1n) is 13.1. The highest BCUT2D eigenvalue weighted by Gasteiger charge is 2.31. The van der Waals surface area contributed by atoms with Crippen molar-refractivity contribution in [3.05, 3.63) is 77.4 Å². The van der Waals surface area contributed by atoms with Crippen LogP contribution in [0.1, 0.15) is 53.3 Å². The van der Waals surface area contributed by atoms with Gasteiger partial charge < -0.3 is 18.6 Å². The molecule has 5 heterocycles. The van der Waals surface area contributed by atoms with Crippen LogP contribution in [0.4, 0.5) is 0 Å². The van der Waals surface area contributed by atoms with Gasteiger partial charge in [-0.2, -0.15) is 0 Å². The Labute approximate surface area is 220 Å². The molecule has 4 aromatic heterocycles. The molecule has 0 spiro atoms. The van der Waals surface area contributed by atoms with Crippen LogP contribution in [0.2, 0.25) is 0 Å². The van der Waals surface area contributed by atoms with E-state index in [1.165, 1.54) is 5.56 Å². The minimum Gasteiger partial charge on any atom is -0.461 e. The van der Waals surface area contributed by atoms with Crippen molar-refractivity contribution in [2.75, 3.05) is 19.8 Å². The van der Waals surface area contributed by atoms with Crippen LogP contribution in [0.15, 0.2) is 59.3 Å². The Kier molecular flexibility index (Phi) is 6.41. The van der Waals surface area contributed by atoms with Crippen molar-refractivity contribution >= 4 is 28.0 Å². The van der Waals surface area contributed by atoms with Crippen LogP contribution in [-0.4, -0.2) is 45.5 Å². The molecule has 1 saturated heterocycles. The Morgan fingerprint density at radius 3 is 2.63 bits per heavy atom. The van der Waals surface area contributed by atoms with Crippen molar-refractivity contribution in [2.24, 2.45) is 5.92 Å². The van der Waals surface area contributed by atoms with Crippen molar-refractivity contribution in [1.29, 1.82) is 0 Å². The van der Waals surface area contributed by atoms with E-state index in [1.807, 2.05) is 32.2 Å². The Hall–Kier alpha value is -4.04. The van der Waals surface area contributed by atoms with E-state index in [9.17, 15) is 4.79 Å². The summed E-state index contributed by atoms with van der Waals surface area (Å²) in [5, 5.41) is 5.05. The molecule has 8 nitrogen and oxygen atoms in total. The van der Waals surface area contributed by atoms with Gasteiger partial charge in [0.15, 0.2) is 5.69 Å². The number of rotatable bonds is 6. The molecule has 0 radical (unpaired) electrons. The summed E-state index contributed by atoms with van der Waals surface area (Å²) in [6, 6.07) is 16.3. The number of benzene rings is 1. The van der Waals surface area contributed by atoms with Crippen molar-refractivity contribution in [3.8, 4) is 11.1 Å². The number of aromatic nitrogens is 4. The van der Waals surface area contributed by atoms with Crippen LogP contribution < -0.4 is 0 Å². The number of ether oxygens (including phenoxy) is 2. The monoisotopic (exact) mass is 510 g/mol. The summed E-state index contributed by atoms with van der Waals surface area (Å²) < 4.78 is 18.8. The first-order valence-corrected chi connectivity index (χ1v) is 13.1. The highest BCUT2D eigenvalue weighted by atomic mass is 16.5. The highest BCUT2D eigenvalue weighted by molar-refractivity contribution is 6.06. The number of fused-ring (bicyclic) bond motifs is 3. The molecular weight excluding hydrogens is 480 g/mol. The van der Waals surface area contributed by atoms with Gasteiger partial charge in [-0.25, -0.2) is 9.78 Å². The summed E-state index contributed by atoms with van der Waals surface area (Å²) >= 11 is 0. The Morgan fingerprint density at radius 1 is 1.13 bits per heavy atom. The smallest absolute Gasteiger partial charge is 0.356 e. The second-order valence-electron chi connectivity index (χ2n) is 9.75. The van der Waals surface area contributed by atoms with E-state index in [0.29, 0.717) is 18.2 Å². The van der Waals surface area contributed by atoms with Gasteiger partial charge >= 0.3 is 5.97 Å². The molecule has 0 amide bonds. The number of pyridine rings is 2. The number of hydrogen-bond donors (Lipinski definition) is 0. The lowest BCUT2D eigenvalue weighted by atomic mass is 9.86. The van der Waals surface area contributed by atoms with E-state index in [4.69, 9.17) is 24.0 Å². The Bertz CT molecular complexity index is 1600. The number of nitrogens with zero attached hydrogens (tertiary/aromatic N) is 4. The topological polar surface area (TPSA) is 92.3 Å². The summed E-state index contributed by atoms with van der Waals surface area (Å²) in [5.74, 6) is 0.636. The number of aryl methyl sites for hydroxylation is 2. The zero-order valence-electron chi connectivity index (χ0n) is 21.8. The van der Waals surface area contributed by atoms with Gasteiger partial charge in [0, 0.05) is 35.9 Å². The second-order valence-corrected chi connectivity index (χ2v) is 9.75. The molecule has 5 aromatic rings. The Morgan fingerprint density at radius 2 is 1.92 bits per heavy atom. The van der Waals surface area contributed by atoms with Gasteiger partial charge in [0.05, 0.1) is 29.4 Å². The van der Waals surface area contributed by atoms with Crippen LogP contribution in [0.3, 0.4) is 0 Å². The number of esters is 1. The normalized spacial score (nSPS) is 15.2. The van der Waals surface area contributed by atoms with E-state index in [1.54, 1.807) is 13.0 Å². The predicted octanol–water partition coefficient (Wildman–Crippen LogP) is 6.05. The fourth-order valence-electron chi connectivity index (χ4n) is 5.72. The lowest BCUT2D eigenvalue weighted by Gasteiger charge is -2.32. The zero-order chi connectivity index (χ0) is 26.2. The molecular formula is C30H30N4O4. The number of hydrogen-bond acceptors (Lipinski definition) is 7. The van der Waals surface area contributed by atoms with Crippen LogP contribution in [-0.2, 0) is 9.47 Å². The van der Waals surface area contributed by atoms with Gasteiger partial charge in [-0.3, -0.25) is 4.98 Å². The number of carbonyl (C=O) groups is 1. The van der Waals surface area contributed by atoms with Gasteiger partial charge in [0.1, 0.15) is 11.4 Å². The standard InChI is InChI=1S/C30H30N4O4/c1-4-37-30(35)24-11-10-23-27-25(16-22(17-31-27)26-18(2)33-38-19(26)3)34(29(23)32-24)28(20-8-6-5-7-9-20)21-12-14-36-15-13-21/h5-11,16-17,21,28H,4,12-15H2,1-3H3/t28-/m1/s1. The first-order chi connectivity index (χ1) is 18.6. The minimum atomic E-state index is -0.432.